The SMILES string of the molecule is Cl.O=C(O)CCc1ccc(/C=C/C(=O)NCCc2ccccn2)cc1. The number of carbonyl (C=O) groups excluding carboxylic acids is 1. The van der Waals surface area contributed by atoms with Crippen LogP contribution < -0.4 is 5.32 Å². The molecule has 0 atom stereocenters. The molecular formula is C19H21ClN2O3. The van der Waals surface area contributed by atoms with Gasteiger partial charge in [-0.1, -0.05) is 30.3 Å². The van der Waals surface area contributed by atoms with Gasteiger partial charge in [0.25, 0.3) is 0 Å². The molecular weight excluding hydrogens is 340 g/mol. The highest BCUT2D eigenvalue weighted by molar-refractivity contribution is 5.91. The van der Waals surface area contributed by atoms with Crippen molar-refractivity contribution >= 4 is 30.4 Å². The summed E-state index contributed by atoms with van der Waals surface area (Å²) in [6, 6.07) is 13.2. The number of carboxylic acids is 1. The zero-order valence-electron chi connectivity index (χ0n) is 13.7. The van der Waals surface area contributed by atoms with Crippen LogP contribution in [0.5, 0.6) is 0 Å². The standard InChI is InChI=1S/C19H20N2O3.ClH/c22-18(21-14-12-17-3-1-2-13-20-17)10-8-15-4-6-16(7-5-15)9-11-19(23)24;/h1-8,10,13H,9,11-12,14H2,(H,21,22)(H,23,24);1H/b10-8+;. The van der Waals surface area contributed by atoms with E-state index in [-0.39, 0.29) is 24.7 Å². The Kier molecular flexibility index (Phi) is 8.96. The van der Waals surface area contributed by atoms with Gasteiger partial charge in [-0.25, -0.2) is 0 Å². The van der Waals surface area contributed by atoms with Crippen molar-refractivity contribution in [2.24, 2.45) is 0 Å². The van der Waals surface area contributed by atoms with Gasteiger partial charge in [0, 0.05) is 37.4 Å². The van der Waals surface area contributed by atoms with Crippen LogP contribution in [0, 0.1) is 0 Å². The predicted molar refractivity (Wildman–Crippen MR) is 99.6 cm³/mol. The molecule has 0 bridgehead atoms. The molecule has 25 heavy (non-hydrogen) atoms. The van der Waals surface area contributed by atoms with Gasteiger partial charge < -0.3 is 10.4 Å². The zero-order chi connectivity index (χ0) is 17.2. The first kappa shape index (κ1) is 20.4. The zero-order valence-corrected chi connectivity index (χ0v) is 14.5. The third-order valence-corrected chi connectivity index (χ3v) is 3.44. The molecule has 0 spiro atoms. The van der Waals surface area contributed by atoms with Crippen molar-refractivity contribution in [1.82, 2.24) is 10.3 Å². The molecule has 0 unspecified atom stereocenters. The molecule has 6 heteroatoms. The number of hydrogen-bond donors (Lipinski definition) is 2. The van der Waals surface area contributed by atoms with Gasteiger partial charge in [0.1, 0.15) is 0 Å². The summed E-state index contributed by atoms with van der Waals surface area (Å²) in [5.74, 6) is -0.956. The number of aromatic nitrogens is 1. The van der Waals surface area contributed by atoms with Gasteiger partial charge in [-0.2, -0.15) is 0 Å². The topological polar surface area (TPSA) is 79.3 Å². The number of nitrogens with one attached hydrogen (secondary N) is 1. The Morgan fingerprint density at radius 2 is 1.84 bits per heavy atom. The Morgan fingerprint density at radius 3 is 2.48 bits per heavy atom. The highest BCUT2D eigenvalue weighted by atomic mass is 35.5. The fourth-order valence-corrected chi connectivity index (χ4v) is 2.14. The highest BCUT2D eigenvalue weighted by Crippen LogP contribution is 2.08. The first-order chi connectivity index (χ1) is 11.6. The number of amides is 1. The second-order valence-electron chi connectivity index (χ2n) is 5.33. The molecule has 2 aromatic rings. The molecule has 0 aliphatic heterocycles. The van der Waals surface area contributed by atoms with E-state index in [0.29, 0.717) is 19.4 Å². The number of aryl methyl sites for hydroxylation is 1. The van der Waals surface area contributed by atoms with E-state index in [1.807, 2.05) is 42.5 Å². The summed E-state index contributed by atoms with van der Waals surface area (Å²) in [6.45, 7) is 0.536. The number of aliphatic carboxylic acids is 1. The monoisotopic (exact) mass is 360 g/mol. The molecule has 5 nitrogen and oxygen atoms in total. The second kappa shape index (κ2) is 11.0. The maximum Gasteiger partial charge on any atom is 0.303 e. The van der Waals surface area contributed by atoms with E-state index in [4.69, 9.17) is 5.11 Å². The molecule has 2 rings (SSSR count). The van der Waals surface area contributed by atoms with Gasteiger partial charge in [0.2, 0.25) is 5.91 Å². The number of rotatable bonds is 8. The minimum Gasteiger partial charge on any atom is -0.481 e. The van der Waals surface area contributed by atoms with E-state index >= 15 is 0 Å². The fourth-order valence-electron chi connectivity index (χ4n) is 2.14. The van der Waals surface area contributed by atoms with Gasteiger partial charge >= 0.3 is 5.97 Å². The van der Waals surface area contributed by atoms with Crippen LogP contribution in [0.1, 0.15) is 23.2 Å². The van der Waals surface area contributed by atoms with Crippen LogP contribution in [-0.2, 0) is 22.4 Å². The van der Waals surface area contributed by atoms with Crippen molar-refractivity contribution in [2.45, 2.75) is 19.3 Å². The van der Waals surface area contributed by atoms with E-state index in [0.717, 1.165) is 16.8 Å². The molecule has 0 fully saturated rings. The summed E-state index contributed by atoms with van der Waals surface area (Å²) >= 11 is 0. The second-order valence-corrected chi connectivity index (χ2v) is 5.33. The van der Waals surface area contributed by atoms with Crippen LogP contribution in [0.3, 0.4) is 0 Å². The lowest BCUT2D eigenvalue weighted by Gasteiger charge is -2.02. The lowest BCUT2D eigenvalue weighted by Crippen LogP contribution is -2.23. The maximum absolute atomic E-state index is 11.8. The summed E-state index contributed by atoms with van der Waals surface area (Å²) in [6.07, 6.45) is 6.28. The maximum atomic E-state index is 11.8. The number of hydrogen-bond acceptors (Lipinski definition) is 3. The molecule has 132 valence electrons. The Morgan fingerprint density at radius 1 is 1.08 bits per heavy atom. The summed E-state index contributed by atoms with van der Waals surface area (Å²) in [4.78, 5) is 26.5. The van der Waals surface area contributed by atoms with Crippen LogP contribution in [0.25, 0.3) is 6.08 Å². The minimum atomic E-state index is -0.804. The summed E-state index contributed by atoms with van der Waals surface area (Å²) in [5.41, 5.74) is 2.81. The van der Waals surface area contributed by atoms with Gasteiger partial charge in [-0.05, 0) is 35.8 Å². The first-order valence-corrected chi connectivity index (χ1v) is 7.80. The molecule has 2 N–H and O–H groups in total. The molecule has 0 saturated carbocycles. The van der Waals surface area contributed by atoms with Crippen molar-refractivity contribution in [3.8, 4) is 0 Å². The first-order valence-electron chi connectivity index (χ1n) is 7.80. The number of halogens is 1. The van der Waals surface area contributed by atoms with Crippen molar-refractivity contribution < 1.29 is 14.7 Å². The molecule has 1 aromatic carbocycles. The van der Waals surface area contributed by atoms with Crippen LogP contribution in [0.2, 0.25) is 0 Å². The average molecular weight is 361 g/mol. The van der Waals surface area contributed by atoms with Crippen LogP contribution in [0.4, 0.5) is 0 Å². The Bertz CT molecular complexity index is 700. The Labute approximate surface area is 153 Å². The van der Waals surface area contributed by atoms with Crippen LogP contribution in [0.15, 0.2) is 54.7 Å². The quantitative estimate of drug-likeness (QED) is 0.709. The van der Waals surface area contributed by atoms with Gasteiger partial charge in [-0.15, -0.1) is 12.4 Å². The van der Waals surface area contributed by atoms with Gasteiger partial charge in [0.15, 0.2) is 0 Å². The lowest BCUT2D eigenvalue weighted by atomic mass is 10.1. The molecule has 0 aliphatic carbocycles. The largest absolute Gasteiger partial charge is 0.481 e. The summed E-state index contributed by atoms with van der Waals surface area (Å²) < 4.78 is 0. The van der Waals surface area contributed by atoms with Crippen LogP contribution >= 0.6 is 12.4 Å². The predicted octanol–water partition coefficient (Wildman–Crippen LogP) is 2.89. The molecule has 0 radical (unpaired) electrons. The van der Waals surface area contributed by atoms with E-state index in [9.17, 15) is 9.59 Å². The lowest BCUT2D eigenvalue weighted by molar-refractivity contribution is -0.137. The van der Waals surface area contributed by atoms with Crippen molar-refractivity contribution in [3.05, 3.63) is 71.6 Å². The van der Waals surface area contributed by atoms with Crippen LogP contribution in [-0.4, -0.2) is 28.5 Å². The van der Waals surface area contributed by atoms with Crippen molar-refractivity contribution in [1.29, 1.82) is 0 Å². The normalized spacial score (nSPS) is 10.2. The average Bonchev–Trinajstić information content (AvgIpc) is 2.60. The molecule has 0 saturated heterocycles. The number of nitrogens with zero attached hydrogens (tertiary/aromatic N) is 1. The Hall–Kier alpha value is -2.66. The molecule has 1 aromatic heterocycles. The number of pyridine rings is 1. The van der Waals surface area contributed by atoms with Gasteiger partial charge in [0.05, 0.1) is 0 Å². The van der Waals surface area contributed by atoms with E-state index in [1.54, 1.807) is 12.3 Å². The summed E-state index contributed by atoms with van der Waals surface area (Å²) in [5, 5.41) is 11.5. The van der Waals surface area contributed by atoms with E-state index in [2.05, 4.69) is 10.3 Å². The molecule has 0 aliphatic rings. The van der Waals surface area contributed by atoms with Crippen molar-refractivity contribution in [3.63, 3.8) is 0 Å². The Balaban J connectivity index is 0.00000312. The van der Waals surface area contributed by atoms with E-state index < -0.39 is 5.97 Å². The molecule has 1 amide bonds. The number of carboxylic acid groups (broad SMARTS) is 1. The minimum absolute atomic E-state index is 0. The summed E-state index contributed by atoms with van der Waals surface area (Å²) in [7, 11) is 0. The van der Waals surface area contributed by atoms with E-state index in [1.165, 1.54) is 6.08 Å². The van der Waals surface area contributed by atoms with Gasteiger partial charge in [-0.3, -0.25) is 14.6 Å². The number of carbonyl (C=O) groups is 2. The third kappa shape index (κ3) is 8.13. The number of benzene rings is 1. The third-order valence-electron chi connectivity index (χ3n) is 3.44. The van der Waals surface area contributed by atoms with Crippen molar-refractivity contribution in [2.75, 3.05) is 6.54 Å². The fraction of sp³-hybridized carbons (Fsp3) is 0.211. The highest BCUT2D eigenvalue weighted by Gasteiger charge is 2.00. The molecule has 1 heterocycles. The smallest absolute Gasteiger partial charge is 0.303 e.